The molecule has 2 heterocycles. The van der Waals surface area contributed by atoms with E-state index < -0.39 is 36.3 Å². The zero-order valence-electron chi connectivity index (χ0n) is 37.9. The molecular weight excluding hydrogens is 845 g/mol. The van der Waals surface area contributed by atoms with Crippen molar-refractivity contribution in [3.63, 3.8) is 0 Å². The Morgan fingerprint density at radius 1 is 0.507 bits per heavy atom. The molecule has 2 fully saturated rings. The first-order valence-corrected chi connectivity index (χ1v) is 23.4. The van der Waals surface area contributed by atoms with Crippen molar-refractivity contribution in [1.29, 1.82) is 0 Å². The highest BCUT2D eigenvalue weighted by Crippen LogP contribution is 2.39. The minimum absolute atomic E-state index is 0.0833. The standard InChI is InChI=1S/C57H58O10/c1-40-27-29-46(30-28-40)64-54-51(60-35-42-19-9-3-10-20-42)48-32-31-47(33-49(48)66-56(54)58)65-57-55(63-38-45-25-15-6-16-26-45)53(62-37-44-23-13-5-14-24-44)52(61-36-43-21-11-4-12-22-43)50(67-57)39-59-34-41-17-7-2-8-18-41/h2-26,31-33,40,46,50,52-53,55,57H,27-30,34-39H2,1H3/t40-,46-,50-,52+,53+,55-,57-/m1/s1. The molecule has 10 nitrogen and oxygen atoms in total. The molecule has 7 aromatic rings. The fourth-order valence-electron chi connectivity index (χ4n) is 8.67. The van der Waals surface area contributed by atoms with E-state index in [-0.39, 0.29) is 43.9 Å². The van der Waals surface area contributed by atoms with Crippen LogP contribution in [0.3, 0.4) is 0 Å². The van der Waals surface area contributed by atoms with Gasteiger partial charge in [0.2, 0.25) is 12.0 Å². The van der Waals surface area contributed by atoms with Crippen LogP contribution in [-0.2, 0) is 56.7 Å². The van der Waals surface area contributed by atoms with Gasteiger partial charge in [-0.3, -0.25) is 0 Å². The van der Waals surface area contributed by atoms with Gasteiger partial charge in [-0.25, -0.2) is 4.79 Å². The van der Waals surface area contributed by atoms with Gasteiger partial charge in [0.1, 0.15) is 42.4 Å². The van der Waals surface area contributed by atoms with Crippen LogP contribution in [0.15, 0.2) is 179 Å². The predicted molar refractivity (Wildman–Crippen MR) is 256 cm³/mol. The maximum absolute atomic E-state index is 14.0. The Hall–Kier alpha value is -6.27. The molecule has 346 valence electrons. The smallest absolute Gasteiger partial charge is 0.383 e. The second kappa shape index (κ2) is 23.0. The summed E-state index contributed by atoms with van der Waals surface area (Å²) in [5, 5.41) is 0.578. The summed E-state index contributed by atoms with van der Waals surface area (Å²) in [6.45, 7) is 3.85. The van der Waals surface area contributed by atoms with E-state index in [4.69, 9.17) is 42.3 Å². The minimum atomic E-state index is -1.03. The molecule has 0 N–H and O–H groups in total. The van der Waals surface area contributed by atoms with Crippen molar-refractivity contribution in [2.45, 2.75) is 102 Å². The van der Waals surface area contributed by atoms with Crippen molar-refractivity contribution in [3.05, 3.63) is 208 Å². The van der Waals surface area contributed by atoms with Gasteiger partial charge in [0.15, 0.2) is 5.75 Å². The van der Waals surface area contributed by atoms with E-state index in [0.717, 1.165) is 53.5 Å². The van der Waals surface area contributed by atoms with Gasteiger partial charge in [-0.2, -0.15) is 0 Å². The van der Waals surface area contributed by atoms with E-state index in [1.807, 2.05) is 164 Å². The molecule has 1 saturated heterocycles. The Bertz CT molecular complexity index is 2620. The van der Waals surface area contributed by atoms with Crippen LogP contribution in [0.25, 0.3) is 11.0 Å². The first-order chi connectivity index (χ1) is 33.0. The number of rotatable bonds is 20. The van der Waals surface area contributed by atoms with Crippen molar-refractivity contribution in [2.24, 2.45) is 5.92 Å². The van der Waals surface area contributed by atoms with E-state index in [2.05, 4.69) is 6.92 Å². The molecule has 1 aliphatic heterocycles. The lowest BCUT2D eigenvalue weighted by molar-refractivity contribution is -0.310. The first kappa shape index (κ1) is 45.9. The lowest BCUT2D eigenvalue weighted by Gasteiger charge is -2.45. The van der Waals surface area contributed by atoms with Crippen LogP contribution in [0, 0.1) is 5.92 Å². The lowest BCUT2D eigenvalue weighted by Crippen LogP contribution is -2.62. The SMILES string of the molecule is C[C@H]1CC[C@H](Oc2c(OCc3ccccc3)c3ccc(O[C@@H]4O[C@H](COCc5ccccc5)[C@H](OCc5ccccc5)[C@H](OCc5ccccc5)[C@H]4OCc4ccccc4)cc3oc2=O)CC1. The van der Waals surface area contributed by atoms with Gasteiger partial charge < -0.3 is 42.3 Å². The summed E-state index contributed by atoms with van der Waals surface area (Å²) in [7, 11) is 0. The summed E-state index contributed by atoms with van der Waals surface area (Å²) in [5.74, 6) is 1.42. The molecule has 0 amide bonds. The molecule has 0 radical (unpaired) electrons. The minimum Gasteiger partial charge on any atom is -0.484 e. The highest BCUT2D eigenvalue weighted by molar-refractivity contribution is 5.86. The average Bonchev–Trinajstić information content (AvgIpc) is 3.37. The fourth-order valence-corrected chi connectivity index (χ4v) is 8.67. The largest absolute Gasteiger partial charge is 0.484 e. The van der Waals surface area contributed by atoms with Gasteiger partial charge in [0.05, 0.1) is 44.5 Å². The van der Waals surface area contributed by atoms with E-state index in [1.165, 1.54) is 0 Å². The summed E-state index contributed by atoms with van der Waals surface area (Å²) >= 11 is 0. The van der Waals surface area contributed by atoms with Crippen LogP contribution in [0.4, 0.5) is 0 Å². The zero-order valence-corrected chi connectivity index (χ0v) is 37.9. The third-order valence-electron chi connectivity index (χ3n) is 12.4. The molecule has 1 aromatic heterocycles. The molecule has 0 bridgehead atoms. The van der Waals surface area contributed by atoms with Crippen molar-refractivity contribution in [1.82, 2.24) is 0 Å². The second-order valence-corrected chi connectivity index (χ2v) is 17.4. The van der Waals surface area contributed by atoms with Gasteiger partial charge in [-0.05, 0) is 71.6 Å². The molecule has 1 aliphatic carbocycles. The summed E-state index contributed by atoms with van der Waals surface area (Å²) < 4.78 is 59.8. The van der Waals surface area contributed by atoms with Gasteiger partial charge in [0.25, 0.3) is 0 Å². The quantitative estimate of drug-likeness (QED) is 0.0687. The number of fused-ring (bicyclic) bond motifs is 1. The molecular formula is C57H58O10. The number of hydrogen-bond acceptors (Lipinski definition) is 10. The first-order valence-electron chi connectivity index (χ1n) is 23.4. The van der Waals surface area contributed by atoms with Crippen molar-refractivity contribution in [2.75, 3.05) is 6.61 Å². The van der Waals surface area contributed by atoms with Gasteiger partial charge in [-0.1, -0.05) is 159 Å². The van der Waals surface area contributed by atoms with Crippen molar-refractivity contribution in [3.8, 4) is 17.2 Å². The number of benzene rings is 6. The maximum Gasteiger partial charge on any atom is 0.383 e. The molecule has 2 aliphatic rings. The average molecular weight is 903 g/mol. The van der Waals surface area contributed by atoms with E-state index in [0.29, 0.717) is 36.0 Å². The topological polar surface area (TPSA) is 104 Å². The van der Waals surface area contributed by atoms with Crippen LogP contribution < -0.4 is 19.8 Å². The van der Waals surface area contributed by atoms with Crippen LogP contribution in [0.5, 0.6) is 17.2 Å². The van der Waals surface area contributed by atoms with Crippen LogP contribution in [0.2, 0.25) is 0 Å². The highest BCUT2D eigenvalue weighted by Gasteiger charge is 2.50. The van der Waals surface area contributed by atoms with E-state index in [9.17, 15) is 4.79 Å². The van der Waals surface area contributed by atoms with Crippen molar-refractivity contribution >= 4 is 11.0 Å². The third kappa shape index (κ3) is 12.4. The normalized spacial score (nSPS) is 21.7. The molecule has 10 heteroatoms. The molecule has 9 rings (SSSR count). The van der Waals surface area contributed by atoms with Crippen molar-refractivity contribution < 1.29 is 42.3 Å². The molecule has 6 aromatic carbocycles. The molecule has 1 saturated carbocycles. The summed E-state index contributed by atoms with van der Waals surface area (Å²) in [6, 6.07) is 55.2. The Morgan fingerprint density at radius 3 is 1.55 bits per heavy atom. The highest BCUT2D eigenvalue weighted by atomic mass is 16.7. The Balaban J connectivity index is 1.06. The second-order valence-electron chi connectivity index (χ2n) is 17.4. The molecule has 67 heavy (non-hydrogen) atoms. The summed E-state index contributed by atoms with van der Waals surface area (Å²) in [4.78, 5) is 14.0. The van der Waals surface area contributed by atoms with Gasteiger partial charge >= 0.3 is 5.63 Å². The number of ether oxygens (including phenoxy) is 8. The van der Waals surface area contributed by atoms with Gasteiger partial charge in [-0.15, -0.1) is 0 Å². The zero-order chi connectivity index (χ0) is 45.6. The molecule has 0 spiro atoms. The van der Waals surface area contributed by atoms with Crippen LogP contribution >= 0.6 is 0 Å². The number of hydrogen-bond donors (Lipinski definition) is 0. The summed E-state index contributed by atoms with van der Waals surface area (Å²) in [6.07, 6.45) is -0.192. The molecule has 0 unspecified atom stereocenters. The predicted octanol–water partition coefficient (Wildman–Crippen LogP) is 11.4. The maximum atomic E-state index is 14.0. The lowest BCUT2D eigenvalue weighted by atomic mass is 9.89. The summed E-state index contributed by atoms with van der Waals surface area (Å²) in [5.41, 5.74) is 4.59. The van der Waals surface area contributed by atoms with E-state index >= 15 is 0 Å². The molecule has 5 atom stereocenters. The van der Waals surface area contributed by atoms with Crippen LogP contribution in [0.1, 0.15) is 60.4 Å². The third-order valence-corrected chi connectivity index (χ3v) is 12.4. The van der Waals surface area contributed by atoms with E-state index in [1.54, 1.807) is 6.07 Å². The van der Waals surface area contributed by atoms with Gasteiger partial charge in [0, 0.05) is 6.07 Å². The fraction of sp³-hybridized carbons (Fsp3) is 0.316. The monoisotopic (exact) mass is 902 g/mol. The Kier molecular flexibility index (Phi) is 15.7. The Morgan fingerprint density at radius 2 is 1.00 bits per heavy atom. The Labute approximate surface area is 392 Å². The van der Waals surface area contributed by atoms with Crippen LogP contribution in [-0.4, -0.2) is 43.4 Å².